The van der Waals surface area contributed by atoms with Crippen LogP contribution in [0, 0.1) is 12.3 Å². The van der Waals surface area contributed by atoms with E-state index in [9.17, 15) is 4.79 Å². The molecule has 0 bridgehead atoms. The van der Waals surface area contributed by atoms with Crippen LogP contribution in [-0.2, 0) is 4.79 Å². The molecule has 0 aliphatic carbocycles. The maximum atomic E-state index is 11.2. The van der Waals surface area contributed by atoms with Crippen molar-refractivity contribution in [3.8, 4) is 12.3 Å². The van der Waals surface area contributed by atoms with Gasteiger partial charge in [-0.25, -0.2) is 0 Å². The summed E-state index contributed by atoms with van der Waals surface area (Å²) in [7, 11) is 0. The summed E-state index contributed by atoms with van der Waals surface area (Å²) >= 11 is 0. The Morgan fingerprint density at radius 2 is 2.33 bits per heavy atom. The van der Waals surface area contributed by atoms with E-state index in [1.807, 2.05) is 6.92 Å². The van der Waals surface area contributed by atoms with E-state index < -0.39 is 0 Å². The molecule has 1 rings (SSSR count). The molecule has 2 unspecified atom stereocenters. The zero-order valence-electron chi connectivity index (χ0n) is 7.50. The van der Waals surface area contributed by atoms with E-state index in [0.29, 0.717) is 12.6 Å². The van der Waals surface area contributed by atoms with Crippen LogP contribution in [0.15, 0.2) is 0 Å². The Bertz CT molecular complexity index is 219. The first-order valence-electron chi connectivity index (χ1n) is 4.17. The molecule has 1 N–H and O–H groups in total. The molecule has 1 amide bonds. The van der Waals surface area contributed by atoms with Gasteiger partial charge in [0.25, 0.3) is 5.91 Å². The van der Waals surface area contributed by atoms with Crippen LogP contribution in [0.5, 0.6) is 0 Å². The number of carbonyl (C=O) groups excluding carboxylic acids is 1. The molecule has 66 valence electrons. The highest BCUT2D eigenvalue weighted by Gasteiger charge is 2.26. The Balaban J connectivity index is 2.65. The number of nitrogens with zero attached hydrogens (tertiary/aromatic N) is 1. The number of piperazine rings is 1. The molecule has 3 nitrogen and oxygen atoms in total. The van der Waals surface area contributed by atoms with E-state index >= 15 is 0 Å². The highest BCUT2D eigenvalue weighted by atomic mass is 16.2. The summed E-state index contributed by atoms with van der Waals surface area (Å²) in [6.45, 7) is 5.61. The summed E-state index contributed by atoms with van der Waals surface area (Å²) in [6.07, 6.45) is 5.05. The predicted molar refractivity (Wildman–Crippen MR) is 47.5 cm³/mol. The molecule has 1 aliphatic heterocycles. The van der Waals surface area contributed by atoms with Gasteiger partial charge in [-0.3, -0.25) is 4.79 Å². The van der Waals surface area contributed by atoms with Crippen LogP contribution in [0.2, 0.25) is 0 Å². The number of hydrogen-bond donors (Lipinski definition) is 1. The number of rotatable bonds is 0. The van der Waals surface area contributed by atoms with Gasteiger partial charge in [-0.05, 0) is 19.8 Å². The van der Waals surface area contributed by atoms with E-state index in [2.05, 4.69) is 18.2 Å². The van der Waals surface area contributed by atoms with Crippen molar-refractivity contribution >= 4 is 5.91 Å². The van der Waals surface area contributed by atoms with E-state index in [-0.39, 0.29) is 11.9 Å². The zero-order valence-corrected chi connectivity index (χ0v) is 7.50. The summed E-state index contributed by atoms with van der Waals surface area (Å²) < 4.78 is 0. The lowest BCUT2D eigenvalue weighted by Crippen LogP contribution is -2.56. The summed E-state index contributed by atoms with van der Waals surface area (Å²) in [5.74, 6) is 1.95. The van der Waals surface area contributed by atoms with E-state index in [1.54, 1.807) is 4.90 Å². The molecule has 0 aromatic carbocycles. The van der Waals surface area contributed by atoms with Gasteiger partial charge >= 0.3 is 0 Å². The fraction of sp³-hybridized carbons (Fsp3) is 0.667. The molecule has 0 aromatic heterocycles. The highest BCUT2D eigenvalue weighted by Crippen LogP contribution is 2.08. The quantitative estimate of drug-likeness (QED) is 0.507. The minimum atomic E-state index is -0.198. The number of terminal acetylenes is 1. The zero-order chi connectivity index (χ0) is 9.14. The summed E-state index contributed by atoms with van der Waals surface area (Å²) in [6, 6.07) is 0.526. The van der Waals surface area contributed by atoms with Crippen LogP contribution in [0.1, 0.15) is 13.8 Å². The summed E-state index contributed by atoms with van der Waals surface area (Å²) in [5.41, 5.74) is 0. The molecule has 0 aromatic rings. The first-order chi connectivity index (χ1) is 5.66. The molecule has 1 fully saturated rings. The van der Waals surface area contributed by atoms with E-state index in [4.69, 9.17) is 6.42 Å². The third kappa shape index (κ3) is 1.59. The molecule has 1 heterocycles. The van der Waals surface area contributed by atoms with Crippen LogP contribution in [-0.4, -0.2) is 36.0 Å². The molecule has 2 atom stereocenters. The van der Waals surface area contributed by atoms with Gasteiger partial charge in [-0.2, -0.15) is 0 Å². The second kappa shape index (κ2) is 3.59. The van der Waals surface area contributed by atoms with Crippen molar-refractivity contribution < 1.29 is 4.79 Å². The Hall–Kier alpha value is -1.01. The molecule has 1 aliphatic rings. The Morgan fingerprint density at radius 1 is 1.67 bits per heavy atom. The second-order valence-electron chi connectivity index (χ2n) is 3.13. The van der Waals surface area contributed by atoms with E-state index in [1.165, 1.54) is 0 Å². The lowest BCUT2D eigenvalue weighted by Gasteiger charge is -2.37. The van der Waals surface area contributed by atoms with Crippen molar-refractivity contribution in [1.82, 2.24) is 10.2 Å². The second-order valence-corrected chi connectivity index (χ2v) is 3.13. The van der Waals surface area contributed by atoms with Gasteiger partial charge in [0.1, 0.15) is 0 Å². The fourth-order valence-corrected chi connectivity index (χ4v) is 1.43. The normalized spacial score (nSPS) is 29.6. The maximum absolute atomic E-state index is 11.2. The van der Waals surface area contributed by atoms with Gasteiger partial charge < -0.3 is 10.2 Å². The van der Waals surface area contributed by atoms with Crippen molar-refractivity contribution in [3.05, 3.63) is 0 Å². The molecular weight excluding hydrogens is 152 g/mol. The maximum Gasteiger partial charge on any atom is 0.298 e. The molecule has 0 radical (unpaired) electrons. The average Bonchev–Trinajstić information content (AvgIpc) is 2.08. The van der Waals surface area contributed by atoms with Crippen molar-refractivity contribution in [3.63, 3.8) is 0 Å². The van der Waals surface area contributed by atoms with Crippen molar-refractivity contribution in [1.29, 1.82) is 0 Å². The van der Waals surface area contributed by atoms with Gasteiger partial charge in [0, 0.05) is 25.2 Å². The SMILES string of the molecule is C#CC(=O)N1CCNC(C)C1C. The van der Waals surface area contributed by atoms with E-state index in [0.717, 1.165) is 6.54 Å². The fourth-order valence-electron chi connectivity index (χ4n) is 1.43. The van der Waals surface area contributed by atoms with Crippen molar-refractivity contribution in [2.24, 2.45) is 0 Å². The van der Waals surface area contributed by atoms with Crippen LogP contribution < -0.4 is 5.32 Å². The third-order valence-corrected chi connectivity index (χ3v) is 2.42. The minimum Gasteiger partial charge on any atom is -0.326 e. The van der Waals surface area contributed by atoms with Crippen LogP contribution in [0.3, 0.4) is 0 Å². The monoisotopic (exact) mass is 166 g/mol. The van der Waals surface area contributed by atoms with Crippen LogP contribution >= 0.6 is 0 Å². The van der Waals surface area contributed by atoms with Gasteiger partial charge in [0.05, 0.1) is 0 Å². The molecule has 0 saturated carbocycles. The van der Waals surface area contributed by atoms with Crippen molar-refractivity contribution in [2.75, 3.05) is 13.1 Å². The lowest BCUT2D eigenvalue weighted by atomic mass is 10.1. The standard InChI is InChI=1S/C9H14N2O/c1-4-9(12)11-6-5-10-7(2)8(11)3/h1,7-8,10H,5-6H2,2-3H3. The Morgan fingerprint density at radius 3 is 2.92 bits per heavy atom. The molecular formula is C9H14N2O. The topological polar surface area (TPSA) is 32.3 Å². The van der Waals surface area contributed by atoms with Gasteiger partial charge in [0.2, 0.25) is 0 Å². The number of amides is 1. The largest absolute Gasteiger partial charge is 0.326 e. The molecule has 3 heteroatoms. The molecule has 0 spiro atoms. The van der Waals surface area contributed by atoms with Crippen LogP contribution in [0.4, 0.5) is 0 Å². The molecule has 12 heavy (non-hydrogen) atoms. The Kier molecular flexibility index (Phi) is 2.72. The number of carbonyl (C=O) groups is 1. The minimum absolute atomic E-state index is 0.197. The lowest BCUT2D eigenvalue weighted by molar-refractivity contribution is -0.128. The van der Waals surface area contributed by atoms with Crippen LogP contribution in [0.25, 0.3) is 0 Å². The smallest absolute Gasteiger partial charge is 0.298 e. The predicted octanol–water partition coefficient (Wildman–Crippen LogP) is -0.172. The highest BCUT2D eigenvalue weighted by molar-refractivity contribution is 5.93. The number of hydrogen-bond acceptors (Lipinski definition) is 2. The van der Waals surface area contributed by atoms with Gasteiger partial charge in [-0.1, -0.05) is 0 Å². The summed E-state index contributed by atoms with van der Waals surface area (Å²) in [5, 5.41) is 3.28. The Labute approximate surface area is 73.1 Å². The molecule has 1 saturated heterocycles. The first kappa shape index (κ1) is 9.08. The number of nitrogens with one attached hydrogen (secondary N) is 1. The van der Waals surface area contributed by atoms with Crippen molar-refractivity contribution in [2.45, 2.75) is 25.9 Å². The summed E-state index contributed by atoms with van der Waals surface area (Å²) in [4.78, 5) is 12.9. The van der Waals surface area contributed by atoms with Gasteiger partial charge in [-0.15, -0.1) is 6.42 Å². The van der Waals surface area contributed by atoms with Gasteiger partial charge in [0.15, 0.2) is 0 Å². The first-order valence-corrected chi connectivity index (χ1v) is 4.17. The average molecular weight is 166 g/mol. The third-order valence-electron chi connectivity index (χ3n) is 2.42.